The van der Waals surface area contributed by atoms with Gasteiger partial charge in [-0.1, -0.05) is 0 Å². The van der Waals surface area contributed by atoms with E-state index in [1.165, 1.54) is 19.0 Å². The molecule has 2 aliphatic carbocycles. The van der Waals surface area contributed by atoms with Gasteiger partial charge in [0.2, 0.25) is 5.88 Å². The highest BCUT2D eigenvalue weighted by molar-refractivity contribution is 5.91. The van der Waals surface area contributed by atoms with Gasteiger partial charge in [-0.15, -0.1) is 0 Å². The Balaban J connectivity index is 1.74. The molecule has 0 unspecified atom stereocenters. The third-order valence-corrected chi connectivity index (χ3v) is 4.25. The number of carbonyl (C=O) groups excluding carboxylic acids is 1. The molecule has 1 heterocycles. The van der Waals surface area contributed by atoms with E-state index in [4.69, 9.17) is 9.47 Å². The van der Waals surface area contributed by atoms with E-state index in [1.54, 1.807) is 6.92 Å². The first-order chi connectivity index (χ1) is 10.2. The van der Waals surface area contributed by atoms with Gasteiger partial charge >= 0.3 is 5.97 Å². The molecule has 5 heteroatoms. The van der Waals surface area contributed by atoms with E-state index >= 15 is 0 Å². The van der Waals surface area contributed by atoms with Crippen molar-refractivity contribution in [3.8, 4) is 5.88 Å². The lowest BCUT2D eigenvalue weighted by molar-refractivity contribution is 0.0309. The monoisotopic (exact) mass is 290 g/mol. The van der Waals surface area contributed by atoms with Crippen molar-refractivity contribution in [3.05, 3.63) is 17.6 Å². The maximum atomic E-state index is 12.3. The zero-order valence-corrected chi connectivity index (χ0v) is 12.5. The van der Waals surface area contributed by atoms with Crippen LogP contribution in [0.15, 0.2) is 6.20 Å². The molecule has 1 aromatic rings. The third-order valence-electron chi connectivity index (χ3n) is 4.25. The molecule has 0 aromatic carbocycles. The summed E-state index contributed by atoms with van der Waals surface area (Å²) in [6.45, 7) is 1.80. The van der Waals surface area contributed by atoms with E-state index in [0.29, 0.717) is 17.3 Å². The van der Waals surface area contributed by atoms with Gasteiger partial charge < -0.3 is 9.47 Å². The summed E-state index contributed by atoms with van der Waals surface area (Å²) in [5.74, 6) is 0.646. The van der Waals surface area contributed by atoms with E-state index < -0.39 is 0 Å². The summed E-state index contributed by atoms with van der Waals surface area (Å²) < 4.78 is 11.5. The van der Waals surface area contributed by atoms with Gasteiger partial charge in [-0.25, -0.2) is 9.78 Å². The van der Waals surface area contributed by atoms with Crippen molar-refractivity contribution in [3.63, 3.8) is 0 Å². The van der Waals surface area contributed by atoms with Crippen LogP contribution < -0.4 is 4.74 Å². The van der Waals surface area contributed by atoms with Gasteiger partial charge in [-0.2, -0.15) is 4.98 Å². The minimum absolute atomic E-state index is 0.0399. The van der Waals surface area contributed by atoms with Gasteiger partial charge in [-0.3, -0.25) is 0 Å². The molecule has 0 N–H and O–H groups in total. The van der Waals surface area contributed by atoms with Crippen LogP contribution in [-0.2, 0) is 4.74 Å². The molecule has 0 radical (unpaired) electrons. The lowest BCUT2D eigenvalue weighted by Gasteiger charge is -2.16. The second-order valence-corrected chi connectivity index (χ2v) is 5.97. The Kier molecular flexibility index (Phi) is 4.36. The number of esters is 1. The van der Waals surface area contributed by atoms with Crippen LogP contribution in [0.3, 0.4) is 0 Å². The summed E-state index contributed by atoms with van der Waals surface area (Å²) in [6, 6.07) is 0. The Hall–Kier alpha value is -1.65. The minimum Gasteiger partial charge on any atom is -0.474 e. The number of rotatable bonds is 4. The number of aromatic nitrogens is 2. The lowest BCUT2D eigenvalue weighted by Crippen LogP contribution is -2.19. The number of carbonyl (C=O) groups is 1. The normalized spacial score (nSPS) is 19.9. The maximum Gasteiger partial charge on any atom is 0.345 e. The fourth-order valence-corrected chi connectivity index (χ4v) is 3.06. The van der Waals surface area contributed by atoms with Crippen LogP contribution in [0.2, 0.25) is 0 Å². The zero-order chi connectivity index (χ0) is 14.7. The molecule has 5 nitrogen and oxygen atoms in total. The van der Waals surface area contributed by atoms with Gasteiger partial charge in [0.15, 0.2) is 0 Å². The summed E-state index contributed by atoms with van der Waals surface area (Å²) in [7, 11) is 0. The Bertz CT molecular complexity index is 506. The van der Waals surface area contributed by atoms with Crippen LogP contribution in [0.4, 0.5) is 0 Å². The van der Waals surface area contributed by atoms with Gasteiger partial charge in [0.25, 0.3) is 0 Å². The van der Waals surface area contributed by atoms with E-state index in [2.05, 4.69) is 9.97 Å². The molecule has 0 spiro atoms. The largest absolute Gasteiger partial charge is 0.474 e. The average Bonchev–Trinajstić information content (AvgIpc) is 3.12. The molecular formula is C16H22N2O3. The maximum absolute atomic E-state index is 12.3. The fourth-order valence-electron chi connectivity index (χ4n) is 3.06. The molecule has 114 valence electrons. The minimum atomic E-state index is -0.352. The van der Waals surface area contributed by atoms with Crippen LogP contribution in [0, 0.1) is 6.92 Å². The van der Waals surface area contributed by atoms with Gasteiger partial charge in [0.05, 0.1) is 0 Å². The topological polar surface area (TPSA) is 61.3 Å². The Morgan fingerprint density at radius 1 is 1.10 bits per heavy atom. The second-order valence-electron chi connectivity index (χ2n) is 5.97. The van der Waals surface area contributed by atoms with Crippen LogP contribution in [-0.4, -0.2) is 28.1 Å². The Morgan fingerprint density at radius 3 is 2.38 bits per heavy atom. The first-order valence-corrected chi connectivity index (χ1v) is 7.93. The quantitative estimate of drug-likeness (QED) is 0.797. The molecule has 0 saturated heterocycles. The Labute approximate surface area is 125 Å². The van der Waals surface area contributed by atoms with Crippen molar-refractivity contribution in [2.45, 2.75) is 70.5 Å². The number of hydrogen-bond donors (Lipinski definition) is 0. The lowest BCUT2D eigenvalue weighted by atomic mass is 10.2. The summed E-state index contributed by atoms with van der Waals surface area (Å²) in [4.78, 5) is 20.7. The predicted octanol–water partition coefficient (Wildman–Crippen LogP) is 3.21. The SMILES string of the molecule is Cc1ncc(C(=O)OC2CCCC2)c(OC2CCCC2)n1. The number of nitrogens with zero attached hydrogens (tertiary/aromatic N) is 2. The molecule has 0 bridgehead atoms. The highest BCUT2D eigenvalue weighted by Crippen LogP contribution is 2.27. The van der Waals surface area contributed by atoms with Crippen molar-refractivity contribution in [2.75, 3.05) is 0 Å². The van der Waals surface area contributed by atoms with Crippen molar-refractivity contribution in [2.24, 2.45) is 0 Å². The van der Waals surface area contributed by atoms with Crippen molar-refractivity contribution < 1.29 is 14.3 Å². The third kappa shape index (κ3) is 3.52. The predicted molar refractivity (Wildman–Crippen MR) is 77.3 cm³/mol. The molecule has 0 aliphatic heterocycles. The van der Waals surface area contributed by atoms with E-state index in [-0.39, 0.29) is 18.2 Å². The fraction of sp³-hybridized carbons (Fsp3) is 0.688. The Morgan fingerprint density at radius 2 is 1.71 bits per heavy atom. The van der Waals surface area contributed by atoms with Crippen molar-refractivity contribution >= 4 is 5.97 Å². The number of hydrogen-bond acceptors (Lipinski definition) is 5. The van der Waals surface area contributed by atoms with Gasteiger partial charge in [0.1, 0.15) is 23.6 Å². The molecule has 1 aromatic heterocycles. The molecule has 0 atom stereocenters. The highest BCUT2D eigenvalue weighted by atomic mass is 16.5. The van der Waals surface area contributed by atoms with E-state index in [1.807, 2.05) is 0 Å². The molecule has 2 aliphatic rings. The summed E-state index contributed by atoms with van der Waals surface area (Å²) in [5.41, 5.74) is 0.361. The first kappa shape index (κ1) is 14.3. The zero-order valence-electron chi connectivity index (χ0n) is 12.5. The average molecular weight is 290 g/mol. The summed E-state index contributed by atoms with van der Waals surface area (Å²) in [6.07, 6.45) is 10.3. The molecule has 0 amide bonds. The van der Waals surface area contributed by atoms with Crippen LogP contribution in [0.1, 0.15) is 67.5 Å². The second kappa shape index (κ2) is 6.41. The van der Waals surface area contributed by atoms with Gasteiger partial charge in [-0.05, 0) is 58.3 Å². The molecule has 2 saturated carbocycles. The first-order valence-electron chi connectivity index (χ1n) is 7.93. The summed E-state index contributed by atoms with van der Waals surface area (Å²) >= 11 is 0. The molecule has 2 fully saturated rings. The summed E-state index contributed by atoms with van der Waals surface area (Å²) in [5, 5.41) is 0. The van der Waals surface area contributed by atoms with Crippen LogP contribution in [0.25, 0.3) is 0 Å². The highest BCUT2D eigenvalue weighted by Gasteiger charge is 2.25. The van der Waals surface area contributed by atoms with Crippen LogP contribution >= 0.6 is 0 Å². The molecular weight excluding hydrogens is 268 g/mol. The van der Waals surface area contributed by atoms with Crippen molar-refractivity contribution in [1.82, 2.24) is 9.97 Å². The van der Waals surface area contributed by atoms with Crippen LogP contribution in [0.5, 0.6) is 5.88 Å². The van der Waals surface area contributed by atoms with E-state index in [0.717, 1.165) is 38.5 Å². The standard InChI is InChI=1S/C16H22N2O3/c1-11-17-10-14(16(19)21-13-8-4-5-9-13)15(18-11)20-12-6-2-3-7-12/h10,12-13H,2-9H2,1H3. The smallest absolute Gasteiger partial charge is 0.345 e. The van der Waals surface area contributed by atoms with E-state index in [9.17, 15) is 4.79 Å². The number of ether oxygens (including phenoxy) is 2. The van der Waals surface area contributed by atoms with Crippen molar-refractivity contribution in [1.29, 1.82) is 0 Å². The number of aryl methyl sites for hydroxylation is 1. The molecule has 21 heavy (non-hydrogen) atoms. The van der Waals surface area contributed by atoms with Gasteiger partial charge in [0, 0.05) is 6.20 Å². The molecule has 3 rings (SSSR count).